The zero-order valence-electron chi connectivity index (χ0n) is 14.6. The summed E-state index contributed by atoms with van der Waals surface area (Å²) in [5, 5.41) is 6.17. The van der Waals surface area contributed by atoms with Crippen molar-refractivity contribution in [3.8, 4) is 0 Å². The maximum absolute atomic E-state index is 12.5. The van der Waals surface area contributed by atoms with E-state index in [1.165, 1.54) is 0 Å². The number of hydrogen-bond donors (Lipinski definition) is 3. The van der Waals surface area contributed by atoms with E-state index in [1.807, 2.05) is 19.1 Å². The summed E-state index contributed by atoms with van der Waals surface area (Å²) in [6.45, 7) is 7.38. The van der Waals surface area contributed by atoms with Gasteiger partial charge in [-0.05, 0) is 51.3 Å². The van der Waals surface area contributed by atoms with E-state index in [0.29, 0.717) is 4.90 Å². The average molecular weight is 353 g/mol. The van der Waals surface area contributed by atoms with Crippen molar-refractivity contribution < 1.29 is 13.2 Å². The lowest BCUT2D eigenvalue weighted by molar-refractivity contribution is -0.121. The number of carbonyl (C=O) groups is 1. The largest absolute Gasteiger partial charge is 0.352 e. The Balaban J connectivity index is 1.90. The Labute approximate surface area is 144 Å². The van der Waals surface area contributed by atoms with Gasteiger partial charge in [-0.3, -0.25) is 4.79 Å². The van der Waals surface area contributed by atoms with Crippen molar-refractivity contribution in [2.75, 3.05) is 19.6 Å². The van der Waals surface area contributed by atoms with Crippen LogP contribution in [0.15, 0.2) is 17.0 Å². The van der Waals surface area contributed by atoms with Crippen molar-refractivity contribution in [2.24, 2.45) is 0 Å². The van der Waals surface area contributed by atoms with Crippen LogP contribution >= 0.6 is 0 Å². The van der Waals surface area contributed by atoms with Crippen molar-refractivity contribution in [1.29, 1.82) is 0 Å². The lowest BCUT2D eigenvalue weighted by Crippen LogP contribution is -2.46. The SMILES string of the molecule is Cc1cc(C)c(S(=O)(=O)NCCC(=O)N[C@H]2CCCNC2)c(C)c1. The first kappa shape index (κ1) is 18.9. The second-order valence-corrected chi connectivity index (χ2v) is 8.19. The van der Waals surface area contributed by atoms with Gasteiger partial charge in [-0.25, -0.2) is 13.1 Å². The highest BCUT2D eigenvalue weighted by molar-refractivity contribution is 7.89. The van der Waals surface area contributed by atoms with E-state index in [4.69, 9.17) is 0 Å². The van der Waals surface area contributed by atoms with Gasteiger partial charge in [0, 0.05) is 25.6 Å². The lowest BCUT2D eigenvalue weighted by atomic mass is 10.1. The topological polar surface area (TPSA) is 87.3 Å². The number of aryl methyl sites for hydroxylation is 3. The Bertz CT molecular complexity index is 672. The van der Waals surface area contributed by atoms with Crippen LogP contribution in [0.3, 0.4) is 0 Å². The molecule has 1 aliphatic heterocycles. The molecule has 7 heteroatoms. The molecular formula is C17H27N3O3S. The molecule has 1 heterocycles. The molecule has 0 unspecified atom stereocenters. The highest BCUT2D eigenvalue weighted by Gasteiger charge is 2.20. The van der Waals surface area contributed by atoms with Crippen molar-refractivity contribution in [1.82, 2.24) is 15.4 Å². The minimum atomic E-state index is -3.61. The van der Waals surface area contributed by atoms with Gasteiger partial charge in [0.15, 0.2) is 0 Å². The summed E-state index contributed by atoms with van der Waals surface area (Å²) in [4.78, 5) is 12.2. The smallest absolute Gasteiger partial charge is 0.241 e. The van der Waals surface area contributed by atoms with E-state index >= 15 is 0 Å². The maximum Gasteiger partial charge on any atom is 0.241 e. The van der Waals surface area contributed by atoms with Gasteiger partial charge < -0.3 is 10.6 Å². The van der Waals surface area contributed by atoms with E-state index in [-0.39, 0.29) is 24.9 Å². The first-order valence-corrected chi connectivity index (χ1v) is 9.85. The fraction of sp³-hybridized carbons (Fsp3) is 0.588. The number of nitrogens with one attached hydrogen (secondary N) is 3. The number of benzene rings is 1. The third-order valence-corrected chi connectivity index (χ3v) is 5.95. The summed E-state index contributed by atoms with van der Waals surface area (Å²) in [7, 11) is -3.61. The molecular weight excluding hydrogens is 326 g/mol. The fourth-order valence-electron chi connectivity index (χ4n) is 3.24. The summed E-state index contributed by atoms with van der Waals surface area (Å²) in [5.41, 5.74) is 2.47. The molecule has 0 radical (unpaired) electrons. The fourth-order valence-corrected chi connectivity index (χ4v) is 4.72. The standard InChI is InChI=1S/C17H27N3O3S/c1-12-9-13(2)17(14(3)10-12)24(22,23)19-8-6-16(21)20-15-5-4-7-18-11-15/h9-10,15,18-19H,4-8,11H2,1-3H3,(H,20,21)/t15-/m0/s1. The minimum Gasteiger partial charge on any atom is -0.352 e. The Morgan fingerprint density at radius 1 is 1.25 bits per heavy atom. The molecule has 1 aromatic carbocycles. The Hall–Kier alpha value is -1.44. The molecule has 3 N–H and O–H groups in total. The van der Waals surface area contributed by atoms with E-state index in [9.17, 15) is 13.2 Å². The summed E-state index contributed by atoms with van der Waals surface area (Å²) >= 11 is 0. The monoisotopic (exact) mass is 353 g/mol. The number of amides is 1. The van der Waals surface area contributed by atoms with Crippen LogP contribution in [0.4, 0.5) is 0 Å². The van der Waals surface area contributed by atoms with Gasteiger partial charge in [0.1, 0.15) is 0 Å². The predicted molar refractivity (Wildman–Crippen MR) is 94.5 cm³/mol. The Morgan fingerprint density at radius 3 is 2.50 bits per heavy atom. The molecule has 2 rings (SSSR count). The Kier molecular flexibility index (Phi) is 6.37. The number of hydrogen-bond acceptors (Lipinski definition) is 4. The van der Waals surface area contributed by atoms with Crippen LogP contribution in [0, 0.1) is 20.8 Å². The molecule has 1 aromatic rings. The van der Waals surface area contributed by atoms with Gasteiger partial charge in [-0.2, -0.15) is 0 Å². The third kappa shape index (κ3) is 5.03. The number of rotatable bonds is 6. The van der Waals surface area contributed by atoms with Crippen molar-refractivity contribution in [3.05, 3.63) is 28.8 Å². The van der Waals surface area contributed by atoms with Crippen LogP contribution < -0.4 is 15.4 Å². The molecule has 1 aliphatic rings. The normalized spacial score (nSPS) is 18.4. The van der Waals surface area contributed by atoms with E-state index < -0.39 is 10.0 Å². The molecule has 1 saturated heterocycles. The number of sulfonamides is 1. The first-order valence-electron chi connectivity index (χ1n) is 8.37. The maximum atomic E-state index is 12.5. The zero-order chi connectivity index (χ0) is 17.7. The van der Waals surface area contributed by atoms with Crippen LogP contribution in [0.25, 0.3) is 0 Å². The van der Waals surface area contributed by atoms with Gasteiger partial charge in [-0.1, -0.05) is 17.7 Å². The van der Waals surface area contributed by atoms with Crippen LogP contribution in [0.1, 0.15) is 36.0 Å². The van der Waals surface area contributed by atoms with E-state index in [1.54, 1.807) is 13.8 Å². The molecule has 6 nitrogen and oxygen atoms in total. The van der Waals surface area contributed by atoms with Crippen LogP contribution in [-0.2, 0) is 14.8 Å². The molecule has 1 fully saturated rings. The van der Waals surface area contributed by atoms with Crippen molar-refractivity contribution in [3.63, 3.8) is 0 Å². The highest BCUT2D eigenvalue weighted by atomic mass is 32.2. The second-order valence-electron chi connectivity index (χ2n) is 6.49. The van der Waals surface area contributed by atoms with Crippen molar-refractivity contribution >= 4 is 15.9 Å². The van der Waals surface area contributed by atoms with E-state index in [0.717, 1.165) is 42.6 Å². The molecule has 0 aromatic heterocycles. The van der Waals surface area contributed by atoms with E-state index in [2.05, 4.69) is 15.4 Å². The Morgan fingerprint density at radius 2 is 1.92 bits per heavy atom. The highest BCUT2D eigenvalue weighted by Crippen LogP contribution is 2.21. The summed E-state index contributed by atoms with van der Waals surface area (Å²) in [5.74, 6) is -0.122. The van der Waals surface area contributed by atoms with Gasteiger partial charge >= 0.3 is 0 Å². The van der Waals surface area contributed by atoms with Crippen LogP contribution in [-0.4, -0.2) is 40.0 Å². The number of piperidine rings is 1. The van der Waals surface area contributed by atoms with Crippen LogP contribution in [0.5, 0.6) is 0 Å². The quantitative estimate of drug-likeness (QED) is 0.716. The average Bonchev–Trinajstić information content (AvgIpc) is 2.46. The predicted octanol–water partition coefficient (Wildman–Crippen LogP) is 1.15. The lowest BCUT2D eigenvalue weighted by Gasteiger charge is -2.23. The zero-order valence-corrected chi connectivity index (χ0v) is 15.4. The summed E-state index contributed by atoms with van der Waals surface area (Å²) in [6, 6.07) is 3.85. The summed E-state index contributed by atoms with van der Waals surface area (Å²) < 4.78 is 27.5. The number of carbonyl (C=O) groups excluding carboxylic acids is 1. The van der Waals surface area contributed by atoms with Gasteiger partial charge in [0.25, 0.3) is 0 Å². The molecule has 0 saturated carbocycles. The molecule has 0 bridgehead atoms. The molecule has 1 amide bonds. The van der Waals surface area contributed by atoms with Crippen LogP contribution in [0.2, 0.25) is 0 Å². The minimum absolute atomic E-state index is 0.0983. The molecule has 134 valence electrons. The molecule has 0 spiro atoms. The third-order valence-electron chi connectivity index (χ3n) is 4.18. The summed E-state index contributed by atoms with van der Waals surface area (Å²) in [6.07, 6.45) is 2.15. The van der Waals surface area contributed by atoms with Gasteiger partial charge in [0.05, 0.1) is 4.90 Å². The second kappa shape index (κ2) is 8.09. The van der Waals surface area contributed by atoms with Gasteiger partial charge in [-0.15, -0.1) is 0 Å². The molecule has 0 aliphatic carbocycles. The first-order chi connectivity index (χ1) is 11.3. The molecule has 1 atom stereocenters. The van der Waals surface area contributed by atoms with Crippen molar-refractivity contribution in [2.45, 2.75) is 51.0 Å². The van der Waals surface area contributed by atoms with Gasteiger partial charge in [0.2, 0.25) is 15.9 Å². The molecule has 24 heavy (non-hydrogen) atoms.